The Morgan fingerprint density at radius 2 is 1.11 bits per heavy atom. The molecule has 0 saturated heterocycles. The van der Waals surface area contributed by atoms with Crippen molar-refractivity contribution in [3.63, 3.8) is 0 Å². The Labute approximate surface area is 224 Å². The topological polar surface area (TPSA) is 29.0 Å². The summed E-state index contributed by atoms with van der Waals surface area (Å²) >= 11 is 0. The summed E-state index contributed by atoms with van der Waals surface area (Å²) in [7, 11) is -1.80. The van der Waals surface area contributed by atoms with Crippen LogP contribution in [-0.2, 0) is 0 Å². The van der Waals surface area contributed by atoms with Crippen LogP contribution in [0.2, 0.25) is 13.1 Å². The molecule has 1 aliphatic rings. The second-order valence-corrected chi connectivity index (χ2v) is 14.6. The predicted octanol–water partition coefficient (Wildman–Crippen LogP) is 7.57. The molecule has 1 aromatic heterocycles. The number of hydrogen-bond donors (Lipinski definition) is 0. The lowest BCUT2D eigenvalue weighted by Gasteiger charge is -2.41. The van der Waals surface area contributed by atoms with Gasteiger partial charge in [0.15, 0.2) is 5.82 Å². The first kappa shape index (κ1) is 22.6. The summed E-state index contributed by atoms with van der Waals surface area (Å²) in [4.78, 5) is 12.4. The highest BCUT2D eigenvalue weighted by atomic mass is 28.3. The summed E-state index contributed by atoms with van der Waals surface area (Å²) in [6.07, 6.45) is 0. The molecule has 7 rings (SSSR count). The van der Waals surface area contributed by atoms with Gasteiger partial charge in [-0.2, -0.15) is 0 Å². The van der Waals surface area contributed by atoms with Gasteiger partial charge in [-0.15, -0.1) is 0 Å². The molecule has 0 bridgehead atoms. The molecule has 4 heteroatoms. The average molecular weight is 506 g/mol. The van der Waals surface area contributed by atoms with Crippen molar-refractivity contribution >= 4 is 46.4 Å². The van der Waals surface area contributed by atoms with Gasteiger partial charge in [0.1, 0.15) is 8.07 Å². The standard InChI is InChI=1S/C34H27N3Si/c1-38(2)31-18-10-8-16-29(31)37(30-17-9-11-19-32(30)38)26-22-20-25(21-23-26)34-35-28-15-7-6-14-27(28)33(36-34)24-12-4-3-5-13-24/h3-23H,1-2H3. The highest BCUT2D eigenvalue weighted by Crippen LogP contribution is 2.38. The zero-order valence-corrected chi connectivity index (χ0v) is 22.5. The molecule has 0 spiro atoms. The average Bonchev–Trinajstić information content (AvgIpc) is 2.98. The largest absolute Gasteiger partial charge is 0.311 e. The fraction of sp³-hybridized carbons (Fsp3) is 0.0588. The predicted molar refractivity (Wildman–Crippen MR) is 162 cm³/mol. The van der Waals surface area contributed by atoms with Gasteiger partial charge in [-0.25, -0.2) is 9.97 Å². The number of hydrogen-bond acceptors (Lipinski definition) is 3. The lowest BCUT2D eigenvalue weighted by Crippen LogP contribution is -2.58. The van der Waals surface area contributed by atoms with Gasteiger partial charge in [0.05, 0.1) is 11.2 Å². The number of rotatable bonds is 3. The molecular formula is C34H27N3Si. The van der Waals surface area contributed by atoms with Gasteiger partial charge >= 0.3 is 0 Å². The van der Waals surface area contributed by atoms with E-state index in [-0.39, 0.29) is 0 Å². The molecule has 3 nitrogen and oxygen atoms in total. The van der Waals surface area contributed by atoms with Crippen molar-refractivity contribution in [1.29, 1.82) is 0 Å². The van der Waals surface area contributed by atoms with Crippen LogP contribution in [0.15, 0.2) is 127 Å². The summed E-state index contributed by atoms with van der Waals surface area (Å²) in [6, 6.07) is 45.1. The number of anilines is 3. The fourth-order valence-electron chi connectivity index (χ4n) is 5.73. The summed E-state index contributed by atoms with van der Waals surface area (Å²) in [5.41, 5.74) is 7.71. The summed E-state index contributed by atoms with van der Waals surface area (Å²) < 4.78 is 0. The molecule has 6 aromatic rings. The number of aromatic nitrogens is 2. The number of fused-ring (bicyclic) bond motifs is 3. The summed E-state index contributed by atoms with van der Waals surface area (Å²) in [5, 5.41) is 3.99. The lowest BCUT2D eigenvalue weighted by molar-refractivity contribution is 1.22. The first-order chi connectivity index (χ1) is 18.6. The fourth-order valence-corrected chi connectivity index (χ4v) is 8.72. The van der Waals surface area contributed by atoms with E-state index in [0.717, 1.165) is 39.2 Å². The molecule has 2 heterocycles. The summed E-state index contributed by atoms with van der Waals surface area (Å²) in [5.74, 6) is 0.738. The van der Waals surface area contributed by atoms with Crippen molar-refractivity contribution in [2.24, 2.45) is 0 Å². The maximum Gasteiger partial charge on any atom is 0.160 e. The van der Waals surface area contributed by atoms with Crippen molar-refractivity contribution in [1.82, 2.24) is 9.97 Å². The van der Waals surface area contributed by atoms with E-state index in [0.29, 0.717) is 0 Å². The first-order valence-electron chi connectivity index (χ1n) is 13.0. The minimum absolute atomic E-state index is 0.738. The van der Waals surface area contributed by atoms with E-state index in [1.807, 2.05) is 18.2 Å². The number of para-hydroxylation sites is 3. The van der Waals surface area contributed by atoms with Gasteiger partial charge in [-0.3, -0.25) is 0 Å². The molecule has 1 aliphatic heterocycles. The van der Waals surface area contributed by atoms with E-state index in [2.05, 4.69) is 127 Å². The van der Waals surface area contributed by atoms with Crippen LogP contribution in [0, 0.1) is 0 Å². The molecule has 5 aromatic carbocycles. The molecule has 0 atom stereocenters. The SMILES string of the molecule is C[Si]1(C)c2ccccc2N(c2ccc(-c3nc(-c4ccccc4)c4ccccc4n3)cc2)c2ccccc21. The molecular weight excluding hydrogens is 478 g/mol. The van der Waals surface area contributed by atoms with Gasteiger partial charge in [0.2, 0.25) is 0 Å². The molecule has 0 fully saturated rings. The smallest absolute Gasteiger partial charge is 0.160 e. The van der Waals surface area contributed by atoms with E-state index < -0.39 is 8.07 Å². The Bertz CT molecular complexity index is 1740. The Morgan fingerprint density at radius 1 is 0.526 bits per heavy atom. The zero-order valence-electron chi connectivity index (χ0n) is 21.5. The van der Waals surface area contributed by atoms with E-state index in [1.165, 1.54) is 21.7 Å². The third-order valence-corrected chi connectivity index (χ3v) is 11.2. The van der Waals surface area contributed by atoms with Crippen molar-refractivity contribution in [3.8, 4) is 22.6 Å². The Hall–Kier alpha value is -4.54. The Kier molecular flexibility index (Phi) is 5.23. The quantitative estimate of drug-likeness (QED) is 0.232. The van der Waals surface area contributed by atoms with Gasteiger partial charge in [-0.1, -0.05) is 98.0 Å². The van der Waals surface area contributed by atoms with Crippen LogP contribution in [0.4, 0.5) is 17.1 Å². The highest BCUT2D eigenvalue weighted by molar-refractivity contribution is 7.02. The minimum atomic E-state index is -1.80. The lowest BCUT2D eigenvalue weighted by atomic mass is 10.1. The molecule has 0 radical (unpaired) electrons. The molecule has 38 heavy (non-hydrogen) atoms. The minimum Gasteiger partial charge on any atom is -0.311 e. The third-order valence-electron chi connectivity index (χ3n) is 7.67. The third kappa shape index (κ3) is 3.57. The van der Waals surface area contributed by atoms with Crippen molar-refractivity contribution in [2.45, 2.75) is 13.1 Å². The second-order valence-electron chi connectivity index (χ2n) is 10.3. The summed E-state index contributed by atoms with van der Waals surface area (Å²) in [6.45, 7) is 4.90. The van der Waals surface area contributed by atoms with Gasteiger partial charge < -0.3 is 4.90 Å². The number of nitrogens with zero attached hydrogens (tertiary/aromatic N) is 3. The van der Waals surface area contributed by atoms with E-state index in [1.54, 1.807) is 0 Å². The van der Waals surface area contributed by atoms with Crippen LogP contribution in [-0.4, -0.2) is 18.0 Å². The molecule has 0 N–H and O–H groups in total. The highest BCUT2D eigenvalue weighted by Gasteiger charge is 2.38. The number of benzene rings is 5. The van der Waals surface area contributed by atoms with Crippen LogP contribution >= 0.6 is 0 Å². The van der Waals surface area contributed by atoms with Gasteiger partial charge in [-0.05, 0) is 52.8 Å². The molecule has 0 aliphatic carbocycles. The second kappa shape index (κ2) is 8.79. The Balaban J connectivity index is 1.35. The Morgan fingerprint density at radius 3 is 1.79 bits per heavy atom. The van der Waals surface area contributed by atoms with Crippen molar-refractivity contribution in [3.05, 3.63) is 127 Å². The van der Waals surface area contributed by atoms with E-state index in [9.17, 15) is 0 Å². The normalized spacial score (nSPS) is 13.7. The molecule has 182 valence electrons. The zero-order chi connectivity index (χ0) is 25.7. The van der Waals surface area contributed by atoms with Crippen LogP contribution in [0.5, 0.6) is 0 Å². The molecule has 0 unspecified atom stereocenters. The molecule has 0 amide bonds. The van der Waals surface area contributed by atoms with Crippen molar-refractivity contribution < 1.29 is 0 Å². The maximum atomic E-state index is 5.06. The van der Waals surface area contributed by atoms with E-state index >= 15 is 0 Å². The van der Waals surface area contributed by atoms with Gasteiger partial charge in [0, 0.05) is 33.6 Å². The maximum absolute atomic E-state index is 5.06. The van der Waals surface area contributed by atoms with Crippen LogP contribution in [0.3, 0.4) is 0 Å². The first-order valence-corrected chi connectivity index (χ1v) is 16.0. The molecule has 0 saturated carbocycles. The van der Waals surface area contributed by atoms with Crippen LogP contribution < -0.4 is 15.3 Å². The van der Waals surface area contributed by atoms with Crippen LogP contribution in [0.25, 0.3) is 33.5 Å². The van der Waals surface area contributed by atoms with Gasteiger partial charge in [0.25, 0.3) is 0 Å². The van der Waals surface area contributed by atoms with Crippen LogP contribution in [0.1, 0.15) is 0 Å². The van der Waals surface area contributed by atoms with E-state index in [4.69, 9.17) is 9.97 Å². The monoisotopic (exact) mass is 505 g/mol. The van der Waals surface area contributed by atoms with Crippen molar-refractivity contribution in [2.75, 3.05) is 4.90 Å².